The fourth-order valence-corrected chi connectivity index (χ4v) is 4.50. The summed E-state index contributed by atoms with van der Waals surface area (Å²) in [6, 6.07) is 10.2. The van der Waals surface area contributed by atoms with E-state index in [1.807, 2.05) is 24.3 Å². The van der Waals surface area contributed by atoms with Gasteiger partial charge in [-0.2, -0.15) is 5.26 Å². The lowest BCUT2D eigenvalue weighted by molar-refractivity contribution is 0.186. The highest BCUT2D eigenvalue weighted by molar-refractivity contribution is 5.65. The third-order valence-electron chi connectivity index (χ3n) is 6.15. The maximum absolute atomic E-state index is 9.70. The van der Waals surface area contributed by atoms with Gasteiger partial charge >= 0.3 is 0 Å². The van der Waals surface area contributed by atoms with Crippen LogP contribution in [0.15, 0.2) is 29.3 Å². The summed E-state index contributed by atoms with van der Waals surface area (Å²) in [4.78, 5) is 14.8. The molecule has 0 amide bonds. The summed E-state index contributed by atoms with van der Waals surface area (Å²) in [5, 5.41) is 14.1. The van der Waals surface area contributed by atoms with E-state index in [-0.39, 0.29) is 12.2 Å². The molecule has 0 spiro atoms. The number of hydrogen-bond acceptors (Lipinski definition) is 7. The van der Waals surface area contributed by atoms with Gasteiger partial charge in [-0.25, -0.2) is 9.98 Å². The average molecular weight is 406 g/mol. The molecule has 2 fully saturated rings. The number of fused-ring (bicyclic) bond motifs is 1. The van der Waals surface area contributed by atoms with E-state index in [0.717, 1.165) is 67.3 Å². The van der Waals surface area contributed by atoms with Crippen LogP contribution >= 0.6 is 0 Å². The molecular weight excluding hydrogens is 378 g/mol. The molecule has 3 aliphatic heterocycles. The van der Waals surface area contributed by atoms with Crippen molar-refractivity contribution in [2.45, 2.75) is 25.6 Å². The topological polar surface area (TPSA) is 81.7 Å². The number of nitrogens with zero attached hydrogens (tertiary/aromatic N) is 6. The summed E-state index contributed by atoms with van der Waals surface area (Å²) < 4.78 is 7.92. The SMILES string of the molecule is CC1N=c2c(nc(-c3ccccc3C#N)n2[C@@H]2CCOC2)=C(N2CCN(C)CC2)N1. The molecule has 8 heteroatoms. The first kappa shape index (κ1) is 19.1. The molecule has 5 rings (SSSR count). The van der Waals surface area contributed by atoms with E-state index in [9.17, 15) is 5.26 Å². The minimum Gasteiger partial charge on any atom is -0.379 e. The Kier molecular flexibility index (Phi) is 4.93. The fraction of sp³-hybridized carbons (Fsp3) is 0.500. The zero-order valence-electron chi connectivity index (χ0n) is 17.5. The van der Waals surface area contributed by atoms with Gasteiger partial charge in [-0.1, -0.05) is 12.1 Å². The molecule has 1 aromatic carbocycles. The molecule has 1 unspecified atom stereocenters. The molecule has 3 aliphatic rings. The Bertz CT molecular complexity index is 1100. The molecule has 156 valence electrons. The van der Waals surface area contributed by atoms with Gasteiger partial charge in [0.05, 0.1) is 24.3 Å². The van der Waals surface area contributed by atoms with Crippen LogP contribution in [0.25, 0.3) is 17.2 Å². The molecule has 0 saturated carbocycles. The molecule has 0 radical (unpaired) electrons. The molecule has 4 heterocycles. The first-order valence-electron chi connectivity index (χ1n) is 10.6. The van der Waals surface area contributed by atoms with Gasteiger partial charge < -0.3 is 24.4 Å². The van der Waals surface area contributed by atoms with Crippen molar-refractivity contribution in [3.05, 3.63) is 40.7 Å². The van der Waals surface area contributed by atoms with Crippen LogP contribution in [0.1, 0.15) is 24.9 Å². The van der Waals surface area contributed by atoms with E-state index in [2.05, 4.69) is 39.7 Å². The predicted octanol–water partition coefficient (Wildman–Crippen LogP) is 0.265. The molecule has 0 aliphatic carbocycles. The first-order valence-corrected chi connectivity index (χ1v) is 10.6. The molecule has 1 aromatic heterocycles. The molecule has 1 N–H and O–H groups in total. The zero-order valence-corrected chi connectivity index (χ0v) is 17.5. The van der Waals surface area contributed by atoms with Crippen LogP contribution in [0.4, 0.5) is 0 Å². The Labute approximate surface area is 176 Å². The van der Waals surface area contributed by atoms with E-state index in [4.69, 9.17) is 14.7 Å². The smallest absolute Gasteiger partial charge is 0.161 e. The van der Waals surface area contributed by atoms with Gasteiger partial charge in [0, 0.05) is 38.3 Å². The number of nitrogens with one attached hydrogen (secondary N) is 1. The first-order chi connectivity index (χ1) is 14.7. The molecule has 2 aromatic rings. The van der Waals surface area contributed by atoms with Crippen LogP contribution in [0.2, 0.25) is 0 Å². The second kappa shape index (κ2) is 7.74. The largest absolute Gasteiger partial charge is 0.379 e. The predicted molar refractivity (Wildman–Crippen MR) is 113 cm³/mol. The lowest BCUT2D eigenvalue weighted by Crippen LogP contribution is -2.54. The Balaban J connectivity index is 1.75. The van der Waals surface area contributed by atoms with Crippen molar-refractivity contribution in [3.63, 3.8) is 0 Å². The number of aromatic nitrogens is 2. The monoisotopic (exact) mass is 405 g/mol. The van der Waals surface area contributed by atoms with Crippen molar-refractivity contribution < 1.29 is 4.74 Å². The zero-order chi connectivity index (χ0) is 20.7. The molecule has 2 atom stereocenters. The van der Waals surface area contributed by atoms with E-state index in [0.29, 0.717) is 12.2 Å². The molecular formula is C22H27N7O. The fourth-order valence-electron chi connectivity index (χ4n) is 4.50. The highest BCUT2D eigenvalue weighted by Crippen LogP contribution is 2.26. The van der Waals surface area contributed by atoms with Crippen LogP contribution in [-0.4, -0.2) is 72.0 Å². The van der Waals surface area contributed by atoms with Crippen molar-refractivity contribution in [2.24, 2.45) is 4.99 Å². The number of hydrogen-bond donors (Lipinski definition) is 1. The maximum atomic E-state index is 9.70. The van der Waals surface area contributed by atoms with Crippen LogP contribution in [0.5, 0.6) is 0 Å². The van der Waals surface area contributed by atoms with Crippen molar-refractivity contribution in [1.29, 1.82) is 5.26 Å². The number of nitriles is 1. The minimum atomic E-state index is -0.0380. The van der Waals surface area contributed by atoms with Gasteiger partial charge in [0.2, 0.25) is 0 Å². The Morgan fingerprint density at radius 1 is 1.20 bits per heavy atom. The maximum Gasteiger partial charge on any atom is 0.161 e. The second-order valence-electron chi connectivity index (χ2n) is 8.24. The van der Waals surface area contributed by atoms with Gasteiger partial charge in [-0.3, -0.25) is 0 Å². The summed E-state index contributed by atoms with van der Waals surface area (Å²) in [5.41, 5.74) is 2.37. The van der Waals surface area contributed by atoms with E-state index in [1.54, 1.807) is 0 Å². The number of ether oxygens (including phenoxy) is 1. The lowest BCUT2D eigenvalue weighted by Gasteiger charge is -2.36. The molecule has 30 heavy (non-hydrogen) atoms. The number of benzene rings is 1. The van der Waals surface area contributed by atoms with Crippen molar-refractivity contribution in [1.82, 2.24) is 24.7 Å². The summed E-state index contributed by atoms with van der Waals surface area (Å²) >= 11 is 0. The Morgan fingerprint density at radius 3 is 2.73 bits per heavy atom. The number of imidazole rings is 1. The Morgan fingerprint density at radius 2 is 2.00 bits per heavy atom. The van der Waals surface area contributed by atoms with Gasteiger partial charge in [0.1, 0.15) is 23.2 Å². The van der Waals surface area contributed by atoms with Crippen molar-refractivity contribution in [2.75, 3.05) is 46.4 Å². The van der Waals surface area contributed by atoms with E-state index < -0.39 is 0 Å². The average Bonchev–Trinajstić information content (AvgIpc) is 3.41. The summed E-state index contributed by atoms with van der Waals surface area (Å²) in [6.45, 7) is 7.40. The van der Waals surface area contributed by atoms with Crippen LogP contribution in [0.3, 0.4) is 0 Å². The van der Waals surface area contributed by atoms with Gasteiger partial charge in [0.25, 0.3) is 0 Å². The third-order valence-corrected chi connectivity index (χ3v) is 6.15. The number of likely N-dealkylation sites (N-methyl/N-ethyl adjacent to an activating group) is 1. The van der Waals surface area contributed by atoms with Crippen molar-refractivity contribution in [3.8, 4) is 17.5 Å². The van der Waals surface area contributed by atoms with Gasteiger partial charge in [0.15, 0.2) is 5.49 Å². The highest BCUT2D eigenvalue weighted by atomic mass is 16.5. The number of piperazine rings is 1. The van der Waals surface area contributed by atoms with Crippen LogP contribution in [-0.2, 0) is 4.74 Å². The summed E-state index contributed by atoms with van der Waals surface area (Å²) in [7, 11) is 2.16. The quantitative estimate of drug-likeness (QED) is 0.789. The normalized spacial score (nSPS) is 24.2. The molecule has 2 saturated heterocycles. The van der Waals surface area contributed by atoms with Gasteiger partial charge in [-0.05, 0) is 32.5 Å². The van der Waals surface area contributed by atoms with Crippen LogP contribution < -0.4 is 16.2 Å². The third kappa shape index (κ3) is 3.24. The van der Waals surface area contributed by atoms with Crippen molar-refractivity contribution >= 4 is 5.82 Å². The molecule has 8 nitrogen and oxygen atoms in total. The van der Waals surface area contributed by atoms with E-state index in [1.165, 1.54) is 0 Å². The second-order valence-corrected chi connectivity index (χ2v) is 8.24. The number of rotatable bonds is 3. The molecule has 0 bridgehead atoms. The van der Waals surface area contributed by atoms with Crippen LogP contribution in [0, 0.1) is 11.3 Å². The van der Waals surface area contributed by atoms with Gasteiger partial charge in [-0.15, -0.1) is 0 Å². The lowest BCUT2D eigenvalue weighted by atomic mass is 10.1. The standard InChI is InChI=1S/C22H27N7O/c1-15-24-21(28-10-8-27(2)9-11-28)19-22(25-15)29(17-7-12-30-14-17)20(26-19)18-6-4-3-5-16(18)13-23/h3-6,15,17,24H,7-12,14H2,1-2H3/t15?,17-/m1/s1. The Hall–Kier alpha value is -2.89. The minimum absolute atomic E-state index is 0.0380. The summed E-state index contributed by atoms with van der Waals surface area (Å²) in [5.74, 6) is 1.85. The highest BCUT2D eigenvalue weighted by Gasteiger charge is 2.29. The summed E-state index contributed by atoms with van der Waals surface area (Å²) in [6.07, 6.45) is 0.884. The van der Waals surface area contributed by atoms with E-state index >= 15 is 0 Å².